The molecule has 0 heterocycles. The molecule has 0 aromatic carbocycles. The standard InChI is InChI=1S/C15H26O5/c1-3-4-5-6-7-8-9-13(15(18)19)10-14(17)20-11-12(2)16/h7-8,12-13,16H,3-6,9-11H2,1-2H3,(H,18,19)/b8-7+. The number of aliphatic hydroxyl groups excluding tert-OH is 1. The third-order valence-electron chi connectivity index (χ3n) is 2.81. The van der Waals surface area contributed by atoms with Gasteiger partial charge in [-0.1, -0.05) is 31.9 Å². The summed E-state index contributed by atoms with van der Waals surface area (Å²) in [7, 11) is 0. The van der Waals surface area contributed by atoms with Crippen molar-refractivity contribution in [3.05, 3.63) is 12.2 Å². The van der Waals surface area contributed by atoms with Gasteiger partial charge in [0.05, 0.1) is 18.4 Å². The molecular formula is C15H26O5. The zero-order chi connectivity index (χ0) is 15.4. The van der Waals surface area contributed by atoms with Crippen LogP contribution in [0.1, 0.15) is 52.4 Å². The maximum atomic E-state index is 11.4. The highest BCUT2D eigenvalue weighted by Gasteiger charge is 2.21. The third kappa shape index (κ3) is 10.6. The van der Waals surface area contributed by atoms with Gasteiger partial charge in [0.1, 0.15) is 6.61 Å². The van der Waals surface area contributed by atoms with Crippen molar-refractivity contribution in [3.63, 3.8) is 0 Å². The van der Waals surface area contributed by atoms with Crippen LogP contribution in [0.2, 0.25) is 0 Å². The molecule has 2 unspecified atom stereocenters. The Morgan fingerprint density at radius 1 is 1.25 bits per heavy atom. The van der Waals surface area contributed by atoms with Crippen LogP contribution in [0.15, 0.2) is 12.2 Å². The first kappa shape index (κ1) is 18.6. The van der Waals surface area contributed by atoms with Crippen LogP contribution in [0.5, 0.6) is 0 Å². The SMILES string of the molecule is CCCCC/C=C/CC(CC(=O)OCC(C)O)C(=O)O. The van der Waals surface area contributed by atoms with Crippen molar-refractivity contribution >= 4 is 11.9 Å². The highest BCUT2D eigenvalue weighted by atomic mass is 16.5. The van der Waals surface area contributed by atoms with E-state index in [1.165, 1.54) is 13.3 Å². The topological polar surface area (TPSA) is 83.8 Å². The minimum absolute atomic E-state index is 0.0992. The molecule has 2 atom stereocenters. The average molecular weight is 286 g/mol. The van der Waals surface area contributed by atoms with E-state index in [-0.39, 0.29) is 13.0 Å². The van der Waals surface area contributed by atoms with Crippen LogP contribution in [0, 0.1) is 5.92 Å². The molecule has 5 heteroatoms. The van der Waals surface area contributed by atoms with Gasteiger partial charge in [0, 0.05) is 0 Å². The lowest BCUT2D eigenvalue weighted by atomic mass is 10.0. The first-order chi connectivity index (χ1) is 9.47. The Kier molecular flexibility index (Phi) is 10.7. The van der Waals surface area contributed by atoms with Crippen molar-refractivity contribution in [2.45, 2.75) is 58.5 Å². The molecule has 5 nitrogen and oxygen atoms in total. The predicted molar refractivity (Wildman–Crippen MR) is 76.3 cm³/mol. The molecule has 0 saturated carbocycles. The molecular weight excluding hydrogens is 260 g/mol. The van der Waals surface area contributed by atoms with E-state index < -0.39 is 24.0 Å². The van der Waals surface area contributed by atoms with E-state index in [0.717, 1.165) is 19.3 Å². The summed E-state index contributed by atoms with van der Waals surface area (Å²) in [5, 5.41) is 18.0. The minimum Gasteiger partial charge on any atom is -0.481 e. The van der Waals surface area contributed by atoms with Crippen LogP contribution in [-0.4, -0.2) is 34.9 Å². The number of unbranched alkanes of at least 4 members (excludes halogenated alkanes) is 3. The summed E-state index contributed by atoms with van der Waals surface area (Å²) in [5.41, 5.74) is 0. The molecule has 0 saturated heterocycles. The molecule has 0 spiro atoms. The fourth-order valence-electron chi connectivity index (χ4n) is 1.64. The largest absolute Gasteiger partial charge is 0.481 e. The minimum atomic E-state index is -1.00. The summed E-state index contributed by atoms with van der Waals surface area (Å²) in [6.07, 6.45) is 7.56. The Labute approximate surface area is 120 Å². The van der Waals surface area contributed by atoms with Gasteiger partial charge >= 0.3 is 11.9 Å². The van der Waals surface area contributed by atoms with Crippen LogP contribution in [-0.2, 0) is 14.3 Å². The van der Waals surface area contributed by atoms with Crippen LogP contribution in [0.25, 0.3) is 0 Å². The molecule has 116 valence electrons. The number of hydrogen-bond donors (Lipinski definition) is 2. The van der Waals surface area contributed by atoms with Crippen LogP contribution >= 0.6 is 0 Å². The van der Waals surface area contributed by atoms with Crippen molar-refractivity contribution < 1.29 is 24.5 Å². The van der Waals surface area contributed by atoms with E-state index in [2.05, 4.69) is 6.92 Å². The average Bonchev–Trinajstić information content (AvgIpc) is 2.38. The van der Waals surface area contributed by atoms with Gasteiger partial charge in [-0.2, -0.15) is 0 Å². The number of carbonyl (C=O) groups is 2. The number of ether oxygens (including phenoxy) is 1. The maximum Gasteiger partial charge on any atom is 0.307 e. The van der Waals surface area contributed by atoms with Crippen molar-refractivity contribution in [1.82, 2.24) is 0 Å². The number of aliphatic carboxylic acids is 1. The van der Waals surface area contributed by atoms with Gasteiger partial charge in [0.25, 0.3) is 0 Å². The van der Waals surface area contributed by atoms with Gasteiger partial charge in [0.15, 0.2) is 0 Å². The van der Waals surface area contributed by atoms with E-state index in [4.69, 9.17) is 14.9 Å². The number of carbonyl (C=O) groups excluding carboxylic acids is 1. The number of allylic oxidation sites excluding steroid dienone is 2. The normalized spacial score (nSPS) is 14.2. The van der Waals surface area contributed by atoms with E-state index in [1.54, 1.807) is 0 Å². The zero-order valence-electron chi connectivity index (χ0n) is 12.4. The van der Waals surface area contributed by atoms with E-state index >= 15 is 0 Å². The number of esters is 1. The second kappa shape index (κ2) is 11.5. The molecule has 2 N–H and O–H groups in total. The molecule has 0 fully saturated rings. The Morgan fingerprint density at radius 2 is 1.95 bits per heavy atom. The number of rotatable bonds is 11. The van der Waals surface area contributed by atoms with Crippen LogP contribution < -0.4 is 0 Å². The molecule has 0 radical (unpaired) electrons. The van der Waals surface area contributed by atoms with Crippen LogP contribution in [0.3, 0.4) is 0 Å². The summed E-state index contributed by atoms with van der Waals surface area (Å²) in [4.78, 5) is 22.5. The Balaban J connectivity index is 4.04. The molecule has 0 aromatic rings. The molecule has 20 heavy (non-hydrogen) atoms. The van der Waals surface area contributed by atoms with E-state index in [0.29, 0.717) is 6.42 Å². The van der Waals surface area contributed by atoms with Gasteiger partial charge in [-0.3, -0.25) is 9.59 Å². The molecule has 0 aromatic heterocycles. The smallest absolute Gasteiger partial charge is 0.307 e. The lowest BCUT2D eigenvalue weighted by Gasteiger charge is -2.10. The van der Waals surface area contributed by atoms with Gasteiger partial charge in [-0.25, -0.2) is 0 Å². The third-order valence-corrected chi connectivity index (χ3v) is 2.81. The fourth-order valence-corrected chi connectivity index (χ4v) is 1.64. The number of carboxylic acid groups (broad SMARTS) is 1. The lowest BCUT2D eigenvalue weighted by Crippen LogP contribution is -2.21. The molecule has 0 aliphatic rings. The number of hydrogen-bond acceptors (Lipinski definition) is 4. The molecule has 0 aliphatic carbocycles. The molecule has 0 bridgehead atoms. The number of carboxylic acids is 1. The Bertz CT molecular complexity index is 309. The monoisotopic (exact) mass is 286 g/mol. The van der Waals surface area contributed by atoms with Gasteiger partial charge in [-0.05, 0) is 26.2 Å². The quantitative estimate of drug-likeness (QED) is 0.346. The first-order valence-electron chi connectivity index (χ1n) is 7.18. The summed E-state index contributed by atoms with van der Waals surface area (Å²) in [5.74, 6) is -2.35. The van der Waals surface area contributed by atoms with Crippen molar-refractivity contribution in [3.8, 4) is 0 Å². The number of aliphatic hydroxyl groups is 1. The summed E-state index contributed by atoms with van der Waals surface area (Å²) in [6.45, 7) is 3.53. The summed E-state index contributed by atoms with van der Waals surface area (Å²) >= 11 is 0. The zero-order valence-corrected chi connectivity index (χ0v) is 12.4. The predicted octanol–water partition coefficient (Wildman–Crippen LogP) is 2.53. The van der Waals surface area contributed by atoms with Crippen molar-refractivity contribution in [2.24, 2.45) is 5.92 Å². The molecule has 0 aliphatic heterocycles. The summed E-state index contributed by atoms with van der Waals surface area (Å²) in [6, 6.07) is 0. The molecule has 0 amide bonds. The fraction of sp³-hybridized carbons (Fsp3) is 0.733. The lowest BCUT2D eigenvalue weighted by molar-refractivity contribution is -0.153. The Hall–Kier alpha value is -1.36. The highest BCUT2D eigenvalue weighted by Crippen LogP contribution is 2.12. The summed E-state index contributed by atoms with van der Waals surface area (Å²) < 4.78 is 4.77. The van der Waals surface area contributed by atoms with Gasteiger partial charge in [0.2, 0.25) is 0 Å². The second-order valence-corrected chi connectivity index (χ2v) is 4.97. The maximum absolute atomic E-state index is 11.4. The Morgan fingerprint density at radius 3 is 2.50 bits per heavy atom. The highest BCUT2D eigenvalue weighted by molar-refractivity contribution is 5.78. The van der Waals surface area contributed by atoms with Crippen molar-refractivity contribution in [2.75, 3.05) is 6.61 Å². The van der Waals surface area contributed by atoms with E-state index in [9.17, 15) is 9.59 Å². The van der Waals surface area contributed by atoms with E-state index in [1.807, 2.05) is 12.2 Å². The second-order valence-electron chi connectivity index (χ2n) is 4.97. The van der Waals surface area contributed by atoms with Gasteiger partial charge in [-0.15, -0.1) is 0 Å². The van der Waals surface area contributed by atoms with Gasteiger partial charge < -0.3 is 14.9 Å². The van der Waals surface area contributed by atoms with Crippen LogP contribution in [0.4, 0.5) is 0 Å². The van der Waals surface area contributed by atoms with Crippen molar-refractivity contribution in [1.29, 1.82) is 0 Å². The molecule has 0 rings (SSSR count). The first-order valence-corrected chi connectivity index (χ1v) is 7.18.